The van der Waals surface area contributed by atoms with Crippen molar-refractivity contribution >= 4 is 23.5 Å². The first-order chi connectivity index (χ1) is 13.1. The molecule has 164 valence electrons. The number of hydrogen-bond acceptors (Lipinski definition) is 2. The van der Waals surface area contributed by atoms with Gasteiger partial charge in [-0.2, -0.15) is 23.5 Å². The third kappa shape index (κ3) is 6.86. The molecule has 3 fully saturated rings. The van der Waals surface area contributed by atoms with E-state index >= 15 is 0 Å². The predicted molar refractivity (Wildman–Crippen MR) is 132 cm³/mol. The maximum atomic E-state index is 2.44. The van der Waals surface area contributed by atoms with Gasteiger partial charge in [0.1, 0.15) is 0 Å². The van der Waals surface area contributed by atoms with Crippen LogP contribution in [0.2, 0.25) is 0 Å². The maximum Gasteiger partial charge on any atom is 0.00506 e. The minimum Gasteiger partial charge on any atom is -0.155 e. The van der Waals surface area contributed by atoms with Crippen LogP contribution >= 0.6 is 23.5 Å². The molecule has 0 spiro atoms. The molecule has 0 saturated heterocycles. The lowest BCUT2D eigenvalue weighted by Crippen LogP contribution is -2.29. The summed E-state index contributed by atoms with van der Waals surface area (Å²) in [5, 5.41) is 3.90. The quantitative estimate of drug-likeness (QED) is 0.441. The summed E-state index contributed by atoms with van der Waals surface area (Å²) in [6, 6.07) is 0. The monoisotopic (exact) mass is 424 g/mol. The van der Waals surface area contributed by atoms with Gasteiger partial charge in [0.2, 0.25) is 0 Å². The minimum atomic E-state index is 0.525. The van der Waals surface area contributed by atoms with E-state index in [-0.39, 0.29) is 0 Å². The molecule has 0 unspecified atom stereocenters. The highest BCUT2D eigenvalue weighted by Gasteiger charge is 2.34. The van der Waals surface area contributed by atoms with Crippen LogP contribution in [0, 0.1) is 22.7 Å². The van der Waals surface area contributed by atoms with Crippen molar-refractivity contribution in [3.05, 3.63) is 0 Å². The first-order valence-corrected chi connectivity index (χ1v) is 14.3. The van der Waals surface area contributed by atoms with Crippen molar-refractivity contribution in [2.24, 2.45) is 22.7 Å². The Kier molecular flexibility index (Phi) is 8.25. The molecule has 3 rings (SSSR count). The van der Waals surface area contributed by atoms with E-state index in [9.17, 15) is 0 Å². The van der Waals surface area contributed by atoms with E-state index in [4.69, 9.17) is 0 Å². The Morgan fingerprint density at radius 3 is 0.821 bits per heavy atom. The molecule has 0 N–H and O–H groups in total. The van der Waals surface area contributed by atoms with Gasteiger partial charge in [0.05, 0.1) is 0 Å². The van der Waals surface area contributed by atoms with Crippen molar-refractivity contribution in [2.45, 2.75) is 140 Å². The van der Waals surface area contributed by atoms with Gasteiger partial charge in [0, 0.05) is 21.0 Å². The smallest absolute Gasteiger partial charge is 0.00506 e. The number of rotatable bonds is 4. The highest BCUT2D eigenvalue weighted by atomic mass is 32.2. The van der Waals surface area contributed by atoms with E-state index in [1.165, 1.54) is 77.0 Å². The lowest BCUT2D eigenvalue weighted by molar-refractivity contribution is 0.182. The fourth-order valence-corrected chi connectivity index (χ4v) is 9.24. The van der Waals surface area contributed by atoms with E-state index in [2.05, 4.69) is 65.1 Å². The second kappa shape index (κ2) is 9.88. The SMILES string of the molecule is CC(C)(C)C1CCC(SC2CCC(SC3CCC(C(C)(C)C)CC3)CC2)CC1. The summed E-state index contributed by atoms with van der Waals surface area (Å²) >= 11 is 4.79. The van der Waals surface area contributed by atoms with Gasteiger partial charge in [-0.05, 0) is 99.7 Å². The molecule has 28 heavy (non-hydrogen) atoms. The molecule has 0 nitrogen and oxygen atoms in total. The van der Waals surface area contributed by atoms with Crippen LogP contribution in [0.15, 0.2) is 0 Å². The van der Waals surface area contributed by atoms with Crippen LogP contribution in [0.25, 0.3) is 0 Å². The Morgan fingerprint density at radius 2 is 0.607 bits per heavy atom. The van der Waals surface area contributed by atoms with Gasteiger partial charge in [-0.3, -0.25) is 0 Å². The van der Waals surface area contributed by atoms with Crippen molar-refractivity contribution < 1.29 is 0 Å². The Morgan fingerprint density at radius 1 is 0.393 bits per heavy atom. The Hall–Kier alpha value is 0.700. The molecule has 0 amide bonds. The third-order valence-corrected chi connectivity index (χ3v) is 11.6. The fourth-order valence-electron chi connectivity index (χ4n) is 5.98. The second-order valence-electron chi connectivity index (χ2n) is 12.4. The summed E-state index contributed by atoms with van der Waals surface area (Å²) in [5.74, 6) is 1.93. The van der Waals surface area contributed by atoms with Crippen molar-refractivity contribution in [2.75, 3.05) is 0 Å². The van der Waals surface area contributed by atoms with Crippen LogP contribution in [0.3, 0.4) is 0 Å². The highest BCUT2D eigenvalue weighted by molar-refractivity contribution is 8.01. The molecule has 2 heteroatoms. The van der Waals surface area contributed by atoms with Crippen molar-refractivity contribution in [3.63, 3.8) is 0 Å². The summed E-state index contributed by atoms with van der Waals surface area (Å²) in [4.78, 5) is 0. The van der Waals surface area contributed by atoms with Crippen LogP contribution in [0.1, 0.15) is 119 Å². The molecule has 3 saturated carbocycles. The van der Waals surface area contributed by atoms with Crippen molar-refractivity contribution in [1.29, 1.82) is 0 Å². The van der Waals surface area contributed by atoms with E-state index in [0.717, 1.165) is 32.8 Å². The molecule has 0 radical (unpaired) electrons. The van der Waals surface area contributed by atoms with Gasteiger partial charge < -0.3 is 0 Å². The zero-order valence-electron chi connectivity index (χ0n) is 19.8. The standard InChI is InChI=1S/C26H48S2/c1-25(2,3)19-7-11-21(12-8-19)27-23-15-17-24(18-16-23)28-22-13-9-20(10-14-22)26(4,5)6/h19-24H,7-18H2,1-6H3. The lowest BCUT2D eigenvalue weighted by atomic mass is 9.72. The fraction of sp³-hybridized carbons (Fsp3) is 1.00. The third-order valence-electron chi connectivity index (χ3n) is 8.19. The summed E-state index contributed by atoms with van der Waals surface area (Å²) in [5.41, 5.74) is 1.05. The summed E-state index contributed by atoms with van der Waals surface area (Å²) in [7, 11) is 0. The van der Waals surface area contributed by atoms with Crippen molar-refractivity contribution in [1.82, 2.24) is 0 Å². The average molecular weight is 425 g/mol. The Balaban J connectivity index is 1.31. The molecule has 0 atom stereocenters. The van der Waals surface area contributed by atoms with Crippen LogP contribution in [0.5, 0.6) is 0 Å². The molecular formula is C26H48S2. The number of thioether (sulfide) groups is 2. The normalized spacial score (nSPS) is 38.4. The van der Waals surface area contributed by atoms with Gasteiger partial charge in [0.25, 0.3) is 0 Å². The van der Waals surface area contributed by atoms with Gasteiger partial charge in [-0.25, -0.2) is 0 Å². The molecule has 3 aliphatic rings. The molecule has 0 aromatic rings. The van der Waals surface area contributed by atoms with Gasteiger partial charge in [-0.1, -0.05) is 41.5 Å². The first-order valence-electron chi connectivity index (χ1n) is 12.4. The molecule has 3 aliphatic carbocycles. The lowest BCUT2D eigenvalue weighted by Gasteiger charge is -2.39. The Bertz CT molecular complexity index is 404. The largest absolute Gasteiger partial charge is 0.155 e. The average Bonchev–Trinajstić information content (AvgIpc) is 2.63. The minimum absolute atomic E-state index is 0.525. The van der Waals surface area contributed by atoms with Gasteiger partial charge >= 0.3 is 0 Å². The predicted octanol–water partition coefficient (Wildman–Crippen LogP) is 8.97. The van der Waals surface area contributed by atoms with E-state index in [1.807, 2.05) is 0 Å². The highest BCUT2D eigenvalue weighted by Crippen LogP contribution is 2.46. The summed E-state index contributed by atoms with van der Waals surface area (Å²) in [6.45, 7) is 14.7. The molecule has 0 bridgehead atoms. The summed E-state index contributed by atoms with van der Waals surface area (Å²) in [6.07, 6.45) is 17.8. The first kappa shape index (κ1) is 23.4. The maximum absolute atomic E-state index is 2.44. The molecule has 0 heterocycles. The van der Waals surface area contributed by atoms with Gasteiger partial charge in [0.15, 0.2) is 0 Å². The topological polar surface area (TPSA) is 0 Å². The second-order valence-corrected chi connectivity index (χ2v) is 15.6. The molecule has 0 aromatic carbocycles. The molecule has 0 aromatic heterocycles. The van der Waals surface area contributed by atoms with Crippen LogP contribution < -0.4 is 0 Å². The molecular weight excluding hydrogens is 376 g/mol. The Labute approximate surface area is 185 Å². The van der Waals surface area contributed by atoms with E-state index < -0.39 is 0 Å². The van der Waals surface area contributed by atoms with E-state index in [0.29, 0.717) is 10.8 Å². The van der Waals surface area contributed by atoms with Gasteiger partial charge in [-0.15, -0.1) is 0 Å². The summed E-state index contributed by atoms with van der Waals surface area (Å²) < 4.78 is 0. The zero-order chi connectivity index (χ0) is 20.4. The van der Waals surface area contributed by atoms with Crippen LogP contribution in [-0.2, 0) is 0 Å². The van der Waals surface area contributed by atoms with Crippen molar-refractivity contribution in [3.8, 4) is 0 Å². The van der Waals surface area contributed by atoms with E-state index in [1.54, 1.807) is 0 Å². The van der Waals surface area contributed by atoms with Crippen LogP contribution in [-0.4, -0.2) is 21.0 Å². The van der Waals surface area contributed by atoms with Crippen LogP contribution in [0.4, 0.5) is 0 Å². The zero-order valence-corrected chi connectivity index (χ0v) is 21.4. The number of hydrogen-bond donors (Lipinski definition) is 0. The molecule has 0 aliphatic heterocycles.